The number of hydrogen-bond acceptors (Lipinski definition) is 1. The maximum Gasteiger partial charge on any atom is 0.162 e. The van der Waals surface area contributed by atoms with Crippen LogP contribution in [0.25, 0.3) is 0 Å². The van der Waals surface area contributed by atoms with E-state index in [1.807, 2.05) is 0 Å². The van der Waals surface area contributed by atoms with Gasteiger partial charge in [-0.05, 0) is 30.4 Å². The topological polar surface area (TPSA) is 17.1 Å². The Morgan fingerprint density at radius 1 is 1.31 bits per heavy atom. The minimum Gasteiger partial charge on any atom is -0.294 e. The summed E-state index contributed by atoms with van der Waals surface area (Å²) < 4.78 is 13.3. The van der Waals surface area contributed by atoms with Crippen LogP contribution in [0.15, 0.2) is 18.2 Å². The molecule has 0 aliphatic carbocycles. The number of carbonyl (C=O) groups excluding carboxylic acids is 1. The minimum atomic E-state index is -0.304. The molecule has 0 N–H and O–H groups in total. The van der Waals surface area contributed by atoms with Crippen molar-refractivity contribution in [2.45, 2.75) is 40.5 Å². The van der Waals surface area contributed by atoms with Gasteiger partial charge in [0.15, 0.2) is 5.78 Å². The van der Waals surface area contributed by atoms with E-state index in [4.69, 9.17) is 0 Å². The monoisotopic (exact) mass is 222 g/mol. The first-order chi connectivity index (χ1) is 7.29. The van der Waals surface area contributed by atoms with Gasteiger partial charge in [-0.3, -0.25) is 4.79 Å². The van der Waals surface area contributed by atoms with Gasteiger partial charge in [-0.15, -0.1) is 0 Å². The van der Waals surface area contributed by atoms with Gasteiger partial charge in [0.25, 0.3) is 0 Å². The van der Waals surface area contributed by atoms with Crippen LogP contribution in [0.3, 0.4) is 0 Å². The molecule has 0 radical (unpaired) electrons. The molecule has 0 heterocycles. The molecular weight excluding hydrogens is 203 g/mol. The van der Waals surface area contributed by atoms with Gasteiger partial charge in [0, 0.05) is 12.0 Å². The van der Waals surface area contributed by atoms with Crippen molar-refractivity contribution in [2.24, 2.45) is 5.41 Å². The zero-order valence-electron chi connectivity index (χ0n) is 10.4. The third-order valence-corrected chi connectivity index (χ3v) is 2.60. The van der Waals surface area contributed by atoms with Crippen molar-refractivity contribution in [3.05, 3.63) is 35.1 Å². The number of Topliss-reactive ketones (excluding diaryl/α,β-unsaturated/α-hetero) is 1. The first-order valence-electron chi connectivity index (χ1n) is 5.59. The maximum atomic E-state index is 13.3. The summed E-state index contributed by atoms with van der Waals surface area (Å²) in [4.78, 5) is 11.8. The van der Waals surface area contributed by atoms with Gasteiger partial charge in [-0.1, -0.05) is 32.9 Å². The number of rotatable bonds is 3. The molecule has 1 rings (SSSR count). The summed E-state index contributed by atoms with van der Waals surface area (Å²) in [5.41, 5.74) is 1.19. The standard InChI is InChI=1S/C14H19FO/c1-10-5-6-11(9-12(10)15)13(16)7-8-14(2,3)4/h5-6,9H,7-8H2,1-4H3. The number of halogens is 1. The molecule has 16 heavy (non-hydrogen) atoms. The van der Waals surface area contributed by atoms with Gasteiger partial charge in [0.05, 0.1) is 0 Å². The highest BCUT2D eigenvalue weighted by Gasteiger charge is 2.14. The van der Waals surface area contributed by atoms with Crippen LogP contribution in [0, 0.1) is 18.2 Å². The van der Waals surface area contributed by atoms with Gasteiger partial charge < -0.3 is 0 Å². The summed E-state index contributed by atoms with van der Waals surface area (Å²) in [5.74, 6) is -0.282. The van der Waals surface area contributed by atoms with Crippen molar-refractivity contribution >= 4 is 5.78 Å². The average molecular weight is 222 g/mol. The van der Waals surface area contributed by atoms with Crippen LogP contribution in [0.1, 0.15) is 49.5 Å². The zero-order chi connectivity index (χ0) is 12.3. The summed E-state index contributed by atoms with van der Waals surface area (Å²) in [7, 11) is 0. The molecule has 0 unspecified atom stereocenters. The summed E-state index contributed by atoms with van der Waals surface area (Å²) >= 11 is 0. The molecule has 0 aliphatic rings. The van der Waals surface area contributed by atoms with Crippen molar-refractivity contribution in [2.75, 3.05) is 0 Å². The Labute approximate surface area is 96.7 Å². The molecule has 0 aliphatic heterocycles. The molecular formula is C14H19FO. The average Bonchev–Trinajstić information content (AvgIpc) is 2.17. The third kappa shape index (κ3) is 3.76. The van der Waals surface area contributed by atoms with Crippen molar-refractivity contribution in [3.63, 3.8) is 0 Å². The first kappa shape index (κ1) is 12.9. The van der Waals surface area contributed by atoms with Crippen molar-refractivity contribution in [1.82, 2.24) is 0 Å². The van der Waals surface area contributed by atoms with Crippen LogP contribution in [-0.2, 0) is 0 Å². The fourth-order valence-electron chi connectivity index (χ4n) is 1.40. The van der Waals surface area contributed by atoms with E-state index in [1.165, 1.54) is 6.07 Å². The number of aryl methyl sites for hydroxylation is 1. The molecule has 88 valence electrons. The van der Waals surface area contributed by atoms with Crippen molar-refractivity contribution in [1.29, 1.82) is 0 Å². The van der Waals surface area contributed by atoms with E-state index in [9.17, 15) is 9.18 Å². The molecule has 0 aromatic heterocycles. The van der Waals surface area contributed by atoms with E-state index in [0.29, 0.717) is 17.5 Å². The zero-order valence-corrected chi connectivity index (χ0v) is 10.4. The number of carbonyl (C=O) groups is 1. The smallest absolute Gasteiger partial charge is 0.162 e. The Bertz CT molecular complexity index is 388. The molecule has 1 nitrogen and oxygen atoms in total. The quantitative estimate of drug-likeness (QED) is 0.702. The molecule has 2 heteroatoms. The molecule has 0 amide bonds. The predicted octanol–water partition coefficient (Wildman–Crippen LogP) is 4.14. The van der Waals surface area contributed by atoms with Gasteiger partial charge in [0.2, 0.25) is 0 Å². The van der Waals surface area contributed by atoms with Crippen LogP contribution < -0.4 is 0 Å². The molecule has 0 atom stereocenters. The molecule has 1 aromatic rings. The Kier molecular flexibility index (Phi) is 3.84. The van der Waals surface area contributed by atoms with E-state index in [1.54, 1.807) is 19.1 Å². The number of hydrogen-bond donors (Lipinski definition) is 0. The highest BCUT2D eigenvalue weighted by molar-refractivity contribution is 5.96. The predicted molar refractivity (Wildman–Crippen MR) is 64.2 cm³/mol. The van der Waals surface area contributed by atoms with Crippen LogP contribution in [-0.4, -0.2) is 5.78 Å². The van der Waals surface area contributed by atoms with Crippen LogP contribution in [0.4, 0.5) is 4.39 Å². The van der Waals surface area contributed by atoms with E-state index in [0.717, 1.165) is 6.42 Å². The molecule has 0 spiro atoms. The van der Waals surface area contributed by atoms with Crippen LogP contribution in [0.2, 0.25) is 0 Å². The molecule has 1 aromatic carbocycles. The van der Waals surface area contributed by atoms with Crippen molar-refractivity contribution in [3.8, 4) is 0 Å². The lowest BCUT2D eigenvalue weighted by Crippen LogP contribution is -2.09. The highest BCUT2D eigenvalue weighted by atomic mass is 19.1. The first-order valence-corrected chi connectivity index (χ1v) is 5.59. The summed E-state index contributed by atoms with van der Waals surface area (Å²) in [5, 5.41) is 0. The van der Waals surface area contributed by atoms with Gasteiger partial charge >= 0.3 is 0 Å². The van der Waals surface area contributed by atoms with Crippen LogP contribution >= 0.6 is 0 Å². The second-order valence-corrected chi connectivity index (χ2v) is 5.45. The SMILES string of the molecule is Cc1ccc(C(=O)CCC(C)(C)C)cc1F. The minimum absolute atomic E-state index is 0.0221. The molecule has 0 bridgehead atoms. The molecule has 0 saturated heterocycles. The Hall–Kier alpha value is -1.18. The normalized spacial score (nSPS) is 11.6. The Morgan fingerprint density at radius 2 is 1.94 bits per heavy atom. The summed E-state index contributed by atoms with van der Waals surface area (Å²) in [6.07, 6.45) is 1.30. The Balaban J connectivity index is 2.70. The van der Waals surface area contributed by atoms with Crippen molar-refractivity contribution < 1.29 is 9.18 Å². The summed E-state index contributed by atoms with van der Waals surface area (Å²) in [6.45, 7) is 7.97. The third-order valence-electron chi connectivity index (χ3n) is 2.60. The lowest BCUT2D eigenvalue weighted by Gasteiger charge is -2.17. The van der Waals surface area contributed by atoms with E-state index in [-0.39, 0.29) is 17.0 Å². The van der Waals surface area contributed by atoms with E-state index >= 15 is 0 Å². The van der Waals surface area contributed by atoms with Crippen LogP contribution in [0.5, 0.6) is 0 Å². The van der Waals surface area contributed by atoms with Gasteiger partial charge in [-0.25, -0.2) is 4.39 Å². The van der Waals surface area contributed by atoms with E-state index in [2.05, 4.69) is 20.8 Å². The fraction of sp³-hybridized carbons (Fsp3) is 0.500. The number of benzene rings is 1. The fourth-order valence-corrected chi connectivity index (χ4v) is 1.40. The number of ketones is 1. The second-order valence-electron chi connectivity index (χ2n) is 5.45. The maximum absolute atomic E-state index is 13.3. The lowest BCUT2D eigenvalue weighted by atomic mass is 9.88. The molecule has 0 fully saturated rings. The second kappa shape index (κ2) is 4.77. The molecule has 0 saturated carbocycles. The van der Waals surface area contributed by atoms with Gasteiger partial charge in [0.1, 0.15) is 5.82 Å². The largest absolute Gasteiger partial charge is 0.294 e. The van der Waals surface area contributed by atoms with Gasteiger partial charge in [-0.2, -0.15) is 0 Å². The highest BCUT2D eigenvalue weighted by Crippen LogP contribution is 2.22. The Morgan fingerprint density at radius 3 is 2.44 bits per heavy atom. The van der Waals surface area contributed by atoms with E-state index < -0.39 is 0 Å². The lowest BCUT2D eigenvalue weighted by molar-refractivity contribution is 0.0965. The summed E-state index contributed by atoms with van der Waals surface area (Å²) in [6, 6.07) is 4.68.